The van der Waals surface area contributed by atoms with E-state index in [2.05, 4.69) is 15.0 Å². The highest BCUT2D eigenvalue weighted by molar-refractivity contribution is 5.93. The highest BCUT2D eigenvalue weighted by atomic mass is 16.4. The molecule has 0 atom stereocenters. The second-order valence-electron chi connectivity index (χ2n) is 5.01. The molecule has 1 aliphatic heterocycles. The minimum atomic E-state index is -1.01. The van der Waals surface area contributed by atoms with Gasteiger partial charge >= 0.3 is 5.97 Å². The van der Waals surface area contributed by atoms with E-state index < -0.39 is 5.97 Å². The summed E-state index contributed by atoms with van der Waals surface area (Å²) in [5.41, 5.74) is 6.84. The molecular formula is C13H17N5O2. The van der Waals surface area contributed by atoms with E-state index in [0.717, 1.165) is 25.9 Å². The van der Waals surface area contributed by atoms with E-state index >= 15 is 0 Å². The van der Waals surface area contributed by atoms with Crippen LogP contribution in [-0.4, -0.2) is 38.8 Å². The largest absolute Gasteiger partial charge is 0.476 e. The summed E-state index contributed by atoms with van der Waals surface area (Å²) in [4.78, 5) is 17.7. The highest BCUT2D eigenvalue weighted by Gasteiger charge is 2.22. The number of anilines is 2. The Bertz CT molecular complexity index is 643. The zero-order valence-corrected chi connectivity index (χ0v) is 11.1. The topological polar surface area (TPSA) is 96.8 Å². The number of nitrogen functional groups attached to an aromatic ring is 1. The number of nitrogens with zero attached hydrogens (tertiary/aromatic N) is 4. The van der Waals surface area contributed by atoms with E-state index in [9.17, 15) is 9.90 Å². The Kier molecular flexibility index (Phi) is 3.17. The molecule has 0 radical (unpaired) electrons. The Morgan fingerprint density at radius 1 is 1.20 bits per heavy atom. The van der Waals surface area contributed by atoms with Gasteiger partial charge in [-0.3, -0.25) is 0 Å². The molecular weight excluding hydrogens is 258 g/mol. The fourth-order valence-corrected chi connectivity index (χ4v) is 2.72. The molecule has 3 heterocycles. The average molecular weight is 275 g/mol. The third kappa shape index (κ3) is 2.15. The lowest BCUT2D eigenvalue weighted by Gasteiger charge is -2.24. The number of rotatable bonds is 2. The van der Waals surface area contributed by atoms with E-state index in [0.29, 0.717) is 11.3 Å². The standard InChI is InChI=1S/C13H17N5O2/c14-13-15-10-6-5-9(11(12(19)20)18(10)16-13)17-7-3-1-2-4-8-17/h5-6H,1-4,7-8H2,(H2,14,16)(H,19,20). The SMILES string of the molecule is Nc1nc2ccc(N3CCCCCC3)c(C(=O)O)n2n1. The second kappa shape index (κ2) is 4.99. The van der Waals surface area contributed by atoms with Gasteiger partial charge in [0.15, 0.2) is 11.3 Å². The van der Waals surface area contributed by atoms with Crippen molar-refractivity contribution in [2.24, 2.45) is 0 Å². The highest BCUT2D eigenvalue weighted by Crippen LogP contribution is 2.25. The van der Waals surface area contributed by atoms with Crippen molar-refractivity contribution in [1.29, 1.82) is 0 Å². The second-order valence-corrected chi connectivity index (χ2v) is 5.01. The van der Waals surface area contributed by atoms with E-state index in [4.69, 9.17) is 5.73 Å². The average Bonchev–Trinajstić information content (AvgIpc) is 2.63. The lowest BCUT2D eigenvalue weighted by molar-refractivity contribution is 0.0688. The molecule has 3 rings (SSSR count). The number of carbonyl (C=O) groups is 1. The van der Waals surface area contributed by atoms with Crippen molar-refractivity contribution in [3.05, 3.63) is 17.8 Å². The number of aromatic nitrogens is 3. The summed E-state index contributed by atoms with van der Waals surface area (Å²) >= 11 is 0. The van der Waals surface area contributed by atoms with Gasteiger partial charge < -0.3 is 15.7 Å². The molecule has 2 aromatic rings. The molecule has 106 valence electrons. The van der Waals surface area contributed by atoms with Gasteiger partial charge in [0.05, 0.1) is 5.69 Å². The normalized spacial score (nSPS) is 16.3. The molecule has 7 heteroatoms. The van der Waals surface area contributed by atoms with Crippen molar-refractivity contribution in [2.75, 3.05) is 23.7 Å². The third-order valence-corrected chi connectivity index (χ3v) is 3.64. The number of pyridine rings is 1. The molecule has 0 unspecified atom stereocenters. The zero-order chi connectivity index (χ0) is 14.1. The van der Waals surface area contributed by atoms with Gasteiger partial charge in [0.2, 0.25) is 5.95 Å². The van der Waals surface area contributed by atoms with E-state index in [1.807, 2.05) is 0 Å². The first kappa shape index (κ1) is 12.7. The van der Waals surface area contributed by atoms with Crippen LogP contribution in [-0.2, 0) is 0 Å². The van der Waals surface area contributed by atoms with Crippen molar-refractivity contribution in [3.8, 4) is 0 Å². The quantitative estimate of drug-likeness (QED) is 0.859. The van der Waals surface area contributed by atoms with Gasteiger partial charge in [-0.05, 0) is 25.0 Å². The lowest BCUT2D eigenvalue weighted by Crippen LogP contribution is -2.27. The van der Waals surface area contributed by atoms with Crippen molar-refractivity contribution >= 4 is 23.3 Å². The number of carboxylic acids is 1. The maximum absolute atomic E-state index is 11.6. The summed E-state index contributed by atoms with van der Waals surface area (Å²) in [6, 6.07) is 3.56. The Morgan fingerprint density at radius 2 is 1.90 bits per heavy atom. The van der Waals surface area contributed by atoms with Crippen LogP contribution in [0, 0.1) is 0 Å². The van der Waals surface area contributed by atoms with Gasteiger partial charge in [-0.1, -0.05) is 12.8 Å². The Morgan fingerprint density at radius 3 is 2.55 bits per heavy atom. The molecule has 3 N–H and O–H groups in total. The van der Waals surface area contributed by atoms with Crippen LogP contribution in [0.4, 0.5) is 11.6 Å². The molecule has 1 aliphatic rings. The van der Waals surface area contributed by atoms with Crippen molar-refractivity contribution in [2.45, 2.75) is 25.7 Å². The number of nitrogens with two attached hydrogens (primary N) is 1. The van der Waals surface area contributed by atoms with Gasteiger partial charge in [-0.15, -0.1) is 5.10 Å². The lowest BCUT2D eigenvalue weighted by atomic mass is 10.2. The first-order valence-electron chi connectivity index (χ1n) is 6.80. The van der Waals surface area contributed by atoms with Crippen molar-refractivity contribution in [3.63, 3.8) is 0 Å². The van der Waals surface area contributed by atoms with Crippen LogP contribution < -0.4 is 10.6 Å². The minimum Gasteiger partial charge on any atom is -0.476 e. The van der Waals surface area contributed by atoms with Crippen LogP contribution in [0.25, 0.3) is 5.65 Å². The van der Waals surface area contributed by atoms with E-state index in [1.54, 1.807) is 12.1 Å². The summed E-state index contributed by atoms with van der Waals surface area (Å²) in [5.74, 6) is -0.930. The van der Waals surface area contributed by atoms with Crippen molar-refractivity contribution in [1.82, 2.24) is 14.6 Å². The Labute approximate surface area is 116 Å². The molecule has 0 bridgehead atoms. The van der Waals surface area contributed by atoms with Gasteiger partial charge in [0, 0.05) is 13.1 Å². The fourth-order valence-electron chi connectivity index (χ4n) is 2.72. The first-order chi connectivity index (χ1) is 9.66. The zero-order valence-electron chi connectivity index (χ0n) is 11.1. The Hall–Kier alpha value is -2.31. The molecule has 2 aromatic heterocycles. The van der Waals surface area contributed by atoms with Gasteiger partial charge in [0.1, 0.15) is 0 Å². The summed E-state index contributed by atoms with van der Waals surface area (Å²) < 4.78 is 1.32. The fraction of sp³-hybridized carbons (Fsp3) is 0.462. The molecule has 1 fully saturated rings. The molecule has 0 amide bonds. The summed E-state index contributed by atoms with van der Waals surface area (Å²) in [7, 11) is 0. The number of fused-ring (bicyclic) bond motifs is 1. The van der Waals surface area contributed by atoms with Gasteiger partial charge in [0.25, 0.3) is 0 Å². The number of carboxylic acid groups (broad SMARTS) is 1. The van der Waals surface area contributed by atoms with Crippen LogP contribution in [0.15, 0.2) is 12.1 Å². The Balaban J connectivity index is 2.13. The van der Waals surface area contributed by atoms with Crippen LogP contribution in [0.5, 0.6) is 0 Å². The molecule has 0 saturated carbocycles. The first-order valence-corrected chi connectivity index (χ1v) is 6.80. The smallest absolute Gasteiger partial charge is 0.356 e. The minimum absolute atomic E-state index is 0.0838. The van der Waals surface area contributed by atoms with Crippen LogP contribution >= 0.6 is 0 Å². The summed E-state index contributed by atoms with van der Waals surface area (Å²) in [6.45, 7) is 1.74. The van der Waals surface area contributed by atoms with Crippen LogP contribution in [0.2, 0.25) is 0 Å². The molecule has 20 heavy (non-hydrogen) atoms. The molecule has 7 nitrogen and oxygen atoms in total. The molecule has 0 aliphatic carbocycles. The van der Waals surface area contributed by atoms with Crippen LogP contribution in [0.3, 0.4) is 0 Å². The summed E-state index contributed by atoms with van der Waals surface area (Å²) in [5, 5.41) is 13.5. The number of aromatic carboxylic acids is 1. The number of hydrogen-bond acceptors (Lipinski definition) is 5. The molecule has 0 spiro atoms. The molecule has 0 aromatic carbocycles. The van der Waals surface area contributed by atoms with Crippen molar-refractivity contribution < 1.29 is 9.90 Å². The van der Waals surface area contributed by atoms with Gasteiger partial charge in [-0.2, -0.15) is 4.98 Å². The molecule has 1 saturated heterocycles. The number of hydrogen-bond donors (Lipinski definition) is 2. The summed E-state index contributed by atoms with van der Waals surface area (Å²) in [6.07, 6.45) is 4.54. The maximum atomic E-state index is 11.6. The monoisotopic (exact) mass is 275 g/mol. The van der Waals surface area contributed by atoms with Crippen LogP contribution in [0.1, 0.15) is 36.2 Å². The predicted molar refractivity (Wildman–Crippen MR) is 75.0 cm³/mol. The third-order valence-electron chi connectivity index (χ3n) is 3.64. The maximum Gasteiger partial charge on any atom is 0.356 e. The van der Waals surface area contributed by atoms with E-state index in [1.165, 1.54) is 17.4 Å². The predicted octanol–water partition coefficient (Wildman–Crippen LogP) is 1.39. The van der Waals surface area contributed by atoms with Gasteiger partial charge in [-0.25, -0.2) is 9.31 Å². The van der Waals surface area contributed by atoms with E-state index in [-0.39, 0.29) is 11.6 Å².